The molecule has 1 rings (SSSR count). The van der Waals surface area contributed by atoms with E-state index >= 15 is 0 Å². The second-order valence-electron chi connectivity index (χ2n) is 4.37. The molecule has 0 aliphatic rings. The number of halogens is 1. The predicted octanol–water partition coefficient (Wildman–Crippen LogP) is 1.26. The highest BCUT2D eigenvalue weighted by molar-refractivity contribution is 7.90. The molecular weight excluding hydrogens is 338 g/mol. The molecule has 0 fully saturated rings. The van der Waals surface area contributed by atoms with E-state index in [1.54, 1.807) is 0 Å². The van der Waals surface area contributed by atoms with Crippen LogP contribution in [0.4, 0.5) is 0 Å². The van der Waals surface area contributed by atoms with Crippen LogP contribution in [0.2, 0.25) is 5.02 Å². The molecule has 0 aliphatic carbocycles. The molecular formula is C12H16ClNO5S2. The number of ether oxygens (including phenoxy) is 1. The van der Waals surface area contributed by atoms with Crippen LogP contribution < -0.4 is 0 Å². The third-order valence-electron chi connectivity index (χ3n) is 2.84. The first-order valence-electron chi connectivity index (χ1n) is 5.74. The Morgan fingerprint density at radius 2 is 2.05 bits per heavy atom. The monoisotopic (exact) mass is 353 g/mol. The van der Waals surface area contributed by atoms with Crippen molar-refractivity contribution in [3.63, 3.8) is 0 Å². The van der Waals surface area contributed by atoms with Crippen molar-refractivity contribution in [2.45, 2.75) is 11.4 Å². The lowest BCUT2D eigenvalue weighted by atomic mass is 10.1. The third-order valence-corrected chi connectivity index (χ3v) is 5.50. The van der Waals surface area contributed by atoms with Gasteiger partial charge in [0, 0.05) is 19.2 Å². The van der Waals surface area contributed by atoms with E-state index < -0.39 is 27.2 Å². The molecule has 0 aliphatic heterocycles. The molecule has 9 heteroatoms. The fraction of sp³-hybridized carbons (Fsp3) is 0.417. The fourth-order valence-electron chi connectivity index (χ4n) is 1.69. The summed E-state index contributed by atoms with van der Waals surface area (Å²) >= 11 is 4.54. The van der Waals surface area contributed by atoms with Crippen molar-refractivity contribution < 1.29 is 22.5 Å². The lowest BCUT2D eigenvalue weighted by Crippen LogP contribution is -2.26. The van der Waals surface area contributed by atoms with Gasteiger partial charge in [-0.05, 0) is 23.3 Å². The molecule has 118 valence electrons. The van der Waals surface area contributed by atoms with Crippen LogP contribution in [0.5, 0.6) is 0 Å². The van der Waals surface area contributed by atoms with E-state index in [0.29, 0.717) is 5.56 Å². The first-order chi connectivity index (χ1) is 9.59. The summed E-state index contributed by atoms with van der Waals surface area (Å²) in [6.45, 7) is -0.0859. The summed E-state index contributed by atoms with van der Waals surface area (Å²) in [6, 6.07) is 2.87. The second kappa shape index (κ2) is 6.97. The normalized spacial score (nSPS) is 13.3. The van der Waals surface area contributed by atoms with Crippen molar-refractivity contribution in [1.29, 1.82) is 0 Å². The van der Waals surface area contributed by atoms with Gasteiger partial charge in [-0.3, -0.25) is 0 Å². The van der Waals surface area contributed by atoms with Crippen LogP contribution in [-0.2, 0) is 32.5 Å². The molecule has 0 spiro atoms. The smallest absolute Gasteiger partial charge is 0.343 e. The molecule has 21 heavy (non-hydrogen) atoms. The highest BCUT2D eigenvalue weighted by atomic mass is 35.5. The molecule has 6 nitrogen and oxygen atoms in total. The Hall–Kier alpha value is -0.800. The summed E-state index contributed by atoms with van der Waals surface area (Å²) < 4.78 is 40.7. The van der Waals surface area contributed by atoms with E-state index in [2.05, 4.69) is 4.74 Å². The van der Waals surface area contributed by atoms with E-state index in [1.165, 1.54) is 32.5 Å². The maximum Gasteiger partial charge on any atom is 0.343 e. The maximum atomic E-state index is 12.0. The van der Waals surface area contributed by atoms with Gasteiger partial charge in [-0.15, -0.1) is 0 Å². The molecule has 1 atom stereocenters. The van der Waals surface area contributed by atoms with Gasteiger partial charge in [-0.1, -0.05) is 11.6 Å². The van der Waals surface area contributed by atoms with Gasteiger partial charge in [0.1, 0.15) is 11.8 Å². The summed E-state index contributed by atoms with van der Waals surface area (Å²) in [4.78, 5) is 11.9. The lowest BCUT2D eigenvalue weighted by molar-refractivity contribution is 0.0596. The minimum atomic E-state index is -3.44. The number of sulfonamides is 1. The van der Waals surface area contributed by atoms with Crippen LogP contribution in [0.15, 0.2) is 17.0 Å². The molecule has 0 heterocycles. The zero-order valence-electron chi connectivity index (χ0n) is 12.0. The molecule has 0 aromatic heterocycles. The Balaban J connectivity index is 3.46. The van der Waals surface area contributed by atoms with E-state index in [4.69, 9.17) is 11.6 Å². The van der Waals surface area contributed by atoms with Crippen molar-refractivity contribution >= 4 is 38.8 Å². The number of benzene rings is 1. The molecule has 0 N–H and O–H groups in total. The van der Waals surface area contributed by atoms with E-state index in [1.807, 2.05) is 0 Å². The minimum Gasteiger partial charge on any atom is -0.612 e. The Kier molecular flexibility index (Phi) is 6.06. The zero-order valence-corrected chi connectivity index (χ0v) is 14.4. The van der Waals surface area contributed by atoms with Gasteiger partial charge < -0.3 is 9.29 Å². The van der Waals surface area contributed by atoms with Crippen LogP contribution >= 0.6 is 11.6 Å². The molecule has 0 amide bonds. The van der Waals surface area contributed by atoms with Crippen LogP contribution in [0, 0.1) is 0 Å². The van der Waals surface area contributed by atoms with Crippen molar-refractivity contribution in [1.82, 2.24) is 4.31 Å². The SMILES string of the molecule is COC(=O)c1ccc(Cl)c(CN(C)S(C)(=O)=O)c1[S+](C)[O-]. The van der Waals surface area contributed by atoms with Crippen molar-refractivity contribution in [3.05, 3.63) is 28.3 Å². The van der Waals surface area contributed by atoms with Crippen molar-refractivity contribution in [2.75, 3.05) is 26.7 Å². The highest BCUT2D eigenvalue weighted by Gasteiger charge is 2.27. The topological polar surface area (TPSA) is 86.7 Å². The maximum absolute atomic E-state index is 12.0. The summed E-state index contributed by atoms with van der Waals surface area (Å²) in [5, 5.41) is 0.239. The van der Waals surface area contributed by atoms with Gasteiger partial charge in [0.05, 0.1) is 18.4 Å². The number of carbonyl (C=O) groups is 1. The first kappa shape index (κ1) is 18.2. The van der Waals surface area contributed by atoms with E-state index in [9.17, 15) is 17.8 Å². The van der Waals surface area contributed by atoms with Gasteiger partial charge in [0.15, 0.2) is 4.90 Å². The number of esters is 1. The summed E-state index contributed by atoms with van der Waals surface area (Å²) in [6.07, 6.45) is 2.44. The van der Waals surface area contributed by atoms with Crippen molar-refractivity contribution in [3.8, 4) is 0 Å². The largest absolute Gasteiger partial charge is 0.612 e. The second-order valence-corrected chi connectivity index (χ2v) is 8.18. The van der Waals surface area contributed by atoms with Gasteiger partial charge in [0.2, 0.25) is 10.0 Å². The minimum absolute atomic E-state index is 0.0859. The van der Waals surface area contributed by atoms with Crippen LogP contribution in [0.3, 0.4) is 0 Å². The molecule has 1 aromatic rings. The average Bonchev–Trinajstić information content (AvgIpc) is 2.38. The van der Waals surface area contributed by atoms with Crippen LogP contribution in [0.1, 0.15) is 15.9 Å². The third kappa shape index (κ3) is 4.33. The quantitative estimate of drug-likeness (QED) is 0.587. The predicted molar refractivity (Wildman–Crippen MR) is 81.4 cm³/mol. The van der Waals surface area contributed by atoms with Gasteiger partial charge in [-0.25, -0.2) is 17.5 Å². The number of hydrogen-bond acceptors (Lipinski definition) is 5. The number of rotatable bonds is 5. The van der Waals surface area contributed by atoms with E-state index in [-0.39, 0.29) is 22.0 Å². The fourth-order valence-corrected chi connectivity index (χ4v) is 3.31. The van der Waals surface area contributed by atoms with Crippen LogP contribution in [0.25, 0.3) is 0 Å². The number of nitrogens with zero attached hydrogens (tertiary/aromatic N) is 1. The number of hydrogen-bond donors (Lipinski definition) is 0. The van der Waals surface area contributed by atoms with E-state index in [0.717, 1.165) is 10.6 Å². The van der Waals surface area contributed by atoms with Crippen molar-refractivity contribution in [2.24, 2.45) is 0 Å². The highest BCUT2D eigenvalue weighted by Crippen LogP contribution is 2.29. The van der Waals surface area contributed by atoms with Gasteiger partial charge in [0.25, 0.3) is 0 Å². The lowest BCUT2D eigenvalue weighted by Gasteiger charge is -2.19. The molecule has 1 aromatic carbocycles. The molecule has 0 bridgehead atoms. The average molecular weight is 354 g/mol. The first-order valence-corrected chi connectivity index (χ1v) is 9.52. The summed E-state index contributed by atoms with van der Waals surface area (Å²) in [5.41, 5.74) is 0.438. The molecule has 1 unspecified atom stereocenters. The van der Waals surface area contributed by atoms with Gasteiger partial charge in [-0.2, -0.15) is 0 Å². The molecule has 0 saturated heterocycles. The Morgan fingerprint density at radius 3 is 2.48 bits per heavy atom. The Labute approximate surface area is 132 Å². The molecule has 0 saturated carbocycles. The Morgan fingerprint density at radius 1 is 1.48 bits per heavy atom. The van der Waals surface area contributed by atoms with Gasteiger partial charge >= 0.3 is 5.97 Å². The number of carbonyl (C=O) groups excluding carboxylic acids is 1. The molecule has 0 radical (unpaired) electrons. The summed E-state index contributed by atoms with van der Waals surface area (Å²) in [7, 11) is -0.856. The summed E-state index contributed by atoms with van der Waals surface area (Å²) in [5.74, 6) is -0.653. The standard InChI is InChI=1S/C12H16ClNO5S2/c1-14(21(4,17)18)7-9-10(13)6-5-8(12(15)19-2)11(9)20(3)16/h5-6H,7H2,1-4H3. The zero-order chi connectivity index (χ0) is 16.4. The van der Waals surface area contributed by atoms with Crippen LogP contribution in [-0.4, -0.2) is 49.9 Å². The number of methoxy groups -OCH3 is 1. The Bertz CT molecular complexity index is 645.